The van der Waals surface area contributed by atoms with E-state index >= 15 is 0 Å². The van der Waals surface area contributed by atoms with Crippen molar-refractivity contribution in [3.05, 3.63) is 24.0 Å². The van der Waals surface area contributed by atoms with Crippen molar-refractivity contribution in [2.75, 3.05) is 18.5 Å². The van der Waals surface area contributed by atoms with E-state index in [0.29, 0.717) is 16.9 Å². The Bertz CT molecular complexity index is 543. The van der Waals surface area contributed by atoms with E-state index in [9.17, 15) is 4.79 Å². The number of carbonyl (C=O) groups excluding carboxylic acids is 1. The fraction of sp³-hybridized carbons (Fsp3) is 0.100. The molecule has 0 fully saturated rings. The number of hydrogen-bond acceptors (Lipinski definition) is 6. The molecule has 7 heteroatoms. The van der Waals surface area contributed by atoms with E-state index in [-0.39, 0.29) is 11.7 Å². The summed E-state index contributed by atoms with van der Waals surface area (Å²) in [7, 11) is 1.48. The smallest absolute Gasteiger partial charge is 0.292 e. The van der Waals surface area contributed by atoms with Gasteiger partial charge in [-0.3, -0.25) is 4.79 Å². The van der Waals surface area contributed by atoms with Crippen molar-refractivity contribution >= 4 is 17.3 Å². The van der Waals surface area contributed by atoms with Crippen molar-refractivity contribution in [3.63, 3.8) is 0 Å². The number of aromatic nitrogens is 2. The van der Waals surface area contributed by atoms with E-state index < -0.39 is 5.91 Å². The summed E-state index contributed by atoms with van der Waals surface area (Å²) in [6, 6.07) is 4.88. The van der Waals surface area contributed by atoms with Crippen molar-refractivity contribution < 1.29 is 9.32 Å². The van der Waals surface area contributed by atoms with Gasteiger partial charge in [-0.1, -0.05) is 5.16 Å². The molecule has 0 aliphatic heterocycles. The normalized spacial score (nSPS) is 10.2. The van der Waals surface area contributed by atoms with Crippen LogP contribution in [0.25, 0.3) is 11.5 Å². The van der Waals surface area contributed by atoms with Crippen LogP contribution in [0.2, 0.25) is 0 Å². The van der Waals surface area contributed by atoms with Crippen LogP contribution in [-0.2, 0) is 0 Å². The number of nitrogens with zero attached hydrogens (tertiary/aromatic N) is 2. The van der Waals surface area contributed by atoms with Crippen molar-refractivity contribution in [2.45, 2.75) is 0 Å². The first-order valence-electron chi connectivity index (χ1n) is 4.82. The Balaban J connectivity index is 2.40. The van der Waals surface area contributed by atoms with Crippen LogP contribution in [-0.4, -0.2) is 23.1 Å². The Labute approximate surface area is 96.8 Å². The van der Waals surface area contributed by atoms with Crippen LogP contribution in [0.3, 0.4) is 0 Å². The maximum absolute atomic E-state index is 11.2. The first-order chi connectivity index (χ1) is 8.10. The number of hydrogen-bond donors (Lipinski definition) is 3. The van der Waals surface area contributed by atoms with Crippen LogP contribution in [0.15, 0.2) is 22.7 Å². The van der Waals surface area contributed by atoms with Crippen molar-refractivity contribution in [1.82, 2.24) is 15.5 Å². The maximum Gasteiger partial charge on any atom is 0.292 e. The summed E-state index contributed by atoms with van der Waals surface area (Å²) >= 11 is 0. The summed E-state index contributed by atoms with van der Waals surface area (Å²) in [5.74, 6) is -0.261. The van der Waals surface area contributed by atoms with Gasteiger partial charge in [0.2, 0.25) is 0 Å². The molecule has 0 bridgehead atoms. The van der Waals surface area contributed by atoms with Crippen LogP contribution < -0.4 is 16.8 Å². The molecule has 0 atom stereocenters. The molecule has 2 rings (SSSR count). The van der Waals surface area contributed by atoms with Gasteiger partial charge in [0.05, 0.1) is 0 Å². The molecular formula is C10H11N5O2. The zero-order valence-corrected chi connectivity index (χ0v) is 9.10. The number of amides is 1. The highest BCUT2D eigenvalue weighted by molar-refractivity contribution is 5.90. The first kappa shape index (κ1) is 10.9. The summed E-state index contributed by atoms with van der Waals surface area (Å²) < 4.78 is 4.95. The van der Waals surface area contributed by atoms with Gasteiger partial charge in [0.1, 0.15) is 0 Å². The SMILES string of the molecule is CNC(=O)c1noc(-c2cc(N)cc(N)c2)n1. The van der Waals surface area contributed by atoms with Gasteiger partial charge in [0.15, 0.2) is 0 Å². The Kier molecular flexibility index (Phi) is 2.65. The largest absolute Gasteiger partial charge is 0.399 e. The molecule has 88 valence electrons. The number of carbonyl (C=O) groups is 1. The second-order valence-electron chi connectivity index (χ2n) is 3.39. The van der Waals surface area contributed by atoms with E-state index in [0.717, 1.165) is 0 Å². The molecule has 7 nitrogen and oxygen atoms in total. The zero-order valence-electron chi connectivity index (χ0n) is 9.10. The lowest BCUT2D eigenvalue weighted by molar-refractivity contribution is 0.0950. The lowest BCUT2D eigenvalue weighted by Gasteiger charge is -1.99. The third-order valence-corrected chi connectivity index (χ3v) is 2.08. The number of nitrogens with two attached hydrogens (primary N) is 2. The molecule has 0 aliphatic carbocycles. The van der Waals surface area contributed by atoms with E-state index in [4.69, 9.17) is 16.0 Å². The Morgan fingerprint density at radius 2 is 1.94 bits per heavy atom. The summed E-state index contributed by atoms with van der Waals surface area (Å²) in [5, 5.41) is 5.94. The Morgan fingerprint density at radius 1 is 1.29 bits per heavy atom. The lowest BCUT2D eigenvalue weighted by Crippen LogP contribution is -2.19. The topological polar surface area (TPSA) is 120 Å². The van der Waals surface area contributed by atoms with E-state index in [1.54, 1.807) is 18.2 Å². The fourth-order valence-electron chi connectivity index (χ4n) is 1.34. The number of nitrogens with one attached hydrogen (secondary N) is 1. The summed E-state index contributed by atoms with van der Waals surface area (Å²) in [5.41, 5.74) is 12.8. The average molecular weight is 233 g/mol. The lowest BCUT2D eigenvalue weighted by atomic mass is 10.2. The third-order valence-electron chi connectivity index (χ3n) is 2.08. The quantitative estimate of drug-likeness (QED) is 0.640. The summed E-state index contributed by atoms with van der Waals surface area (Å²) in [6.07, 6.45) is 0. The van der Waals surface area contributed by atoms with Crippen molar-refractivity contribution in [2.24, 2.45) is 0 Å². The van der Waals surface area contributed by atoms with Crippen LogP contribution in [0.1, 0.15) is 10.6 Å². The Hall–Kier alpha value is -2.57. The number of anilines is 2. The van der Waals surface area contributed by atoms with Gasteiger partial charge < -0.3 is 21.3 Å². The van der Waals surface area contributed by atoms with Gasteiger partial charge in [0.25, 0.3) is 17.6 Å². The van der Waals surface area contributed by atoms with Crippen molar-refractivity contribution in [3.8, 4) is 11.5 Å². The second kappa shape index (κ2) is 4.12. The van der Waals surface area contributed by atoms with E-state index in [1.807, 2.05) is 0 Å². The average Bonchev–Trinajstić information content (AvgIpc) is 2.76. The van der Waals surface area contributed by atoms with Crippen molar-refractivity contribution in [1.29, 1.82) is 0 Å². The van der Waals surface area contributed by atoms with Gasteiger partial charge in [-0.15, -0.1) is 0 Å². The molecule has 2 aromatic rings. The highest BCUT2D eigenvalue weighted by atomic mass is 16.5. The third kappa shape index (κ3) is 2.17. The summed E-state index contributed by atoms with van der Waals surface area (Å²) in [6.45, 7) is 0. The van der Waals surface area contributed by atoms with Gasteiger partial charge in [-0.2, -0.15) is 4.98 Å². The fourth-order valence-corrected chi connectivity index (χ4v) is 1.34. The minimum absolute atomic E-state index is 0.0384. The number of rotatable bonds is 2. The minimum Gasteiger partial charge on any atom is -0.399 e. The zero-order chi connectivity index (χ0) is 12.4. The highest BCUT2D eigenvalue weighted by Gasteiger charge is 2.14. The molecule has 5 N–H and O–H groups in total. The number of benzene rings is 1. The monoisotopic (exact) mass is 233 g/mol. The van der Waals surface area contributed by atoms with Crippen LogP contribution in [0.4, 0.5) is 11.4 Å². The number of nitrogen functional groups attached to an aromatic ring is 2. The molecule has 0 saturated heterocycles. The first-order valence-corrected chi connectivity index (χ1v) is 4.82. The standard InChI is InChI=1S/C10H11N5O2/c1-13-9(16)8-14-10(17-15-8)5-2-6(11)4-7(12)3-5/h2-4H,11-12H2,1H3,(H,13,16). The predicted octanol–water partition coefficient (Wildman–Crippen LogP) is 0.261. The van der Waals surface area contributed by atoms with E-state index in [2.05, 4.69) is 15.5 Å². The van der Waals surface area contributed by atoms with Crippen LogP contribution >= 0.6 is 0 Å². The predicted molar refractivity (Wildman–Crippen MR) is 61.9 cm³/mol. The molecule has 1 heterocycles. The molecular weight excluding hydrogens is 222 g/mol. The van der Waals surface area contributed by atoms with Gasteiger partial charge in [-0.05, 0) is 18.2 Å². The Morgan fingerprint density at radius 3 is 2.53 bits per heavy atom. The van der Waals surface area contributed by atoms with Crippen LogP contribution in [0, 0.1) is 0 Å². The van der Waals surface area contributed by atoms with Crippen LogP contribution in [0.5, 0.6) is 0 Å². The molecule has 0 radical (unpaired) electrons. The molecule has 1 aromatic carbocycles. The van der Waals surface area contributed by atoms with Gasteiger partial charge in [0, 0.05) is 24.0 Å². The maximum atomic E-state index is 11.2. The summed E-state index contributed by atoms with van der Waals surface area (Å²) in [4.78, 5) is 15.2. The molecule has 1 aromatic heterocycles. The van der Waals surface area contributed by atoms with Gasteiger partial charge >= 0.3 is 0 Å². The molecule has 17 heavy (non-hydrogen) atoms. The molecule has 0 unspecified atom stereocenters. The molecule has 0 spiro atoms. The highest BCUT2D eigenvalue weighted by Crippen LogP contribution is 2.23. The molecule has 0 aliphatic rings. The van der Waals surface area contributed by atoms with E-state index in [1.165, 1.54) is 7.05 Å². The van der Waals surface area contributed by atoms with Gasteiger partial charge in [-0.25, -0.2) is 0 Å². The molecule has 0 saturated carbocycles. The second-order valence-corrected chi connectivity index (χ2v) is 3.39. The minimum atomic E-state index is -0.420. The molecule has 1 amide bonds.